The van der Waals surface area contributed by atoms with E-state index in [0.717, 1.165) is 73.4 Å². The first kappa shape index (κ1) is 43.7. The fourth-order valence-corrected chi connectivity index (χ4v) is 6.64. The number of thioether (sulfide) groups is 2. The number of benzene rings is 2. The van der Waals surface area contributed by atoms with Crippen LogP contribution in [0.5, 0.6) is 0 Å². The molecule has 0 aliphatic rings. The van der Waals surface area contributed by atoms with E-state index in [4.69, 9.17) is 9.47 Å². The summed E-state index contributed by atoms with van der Waals surface area (Å²) in [5.41, 5.74) is 3.42. The van der Waals surface area contributed by atoms with Crippen LogP contribution >= 0.6 is 23.5 Å². The van der Waals surface area contributed by atoms with Gasteiger partial charge in [0.1, 0.15) is 0 Å². The molecule has 2 aromatic carbocycles. The average Bonchev–Trinajstić information content (AvgIpc) is 3.72. The molecule has 2 N–H and O–H groups in total. The van der Waals surface area contributed by atoms with E-state index in [1.165, 1.54) is 23.5 Å². The van der Waals surface area contributed by atoms with Crippen LogP contribution in [0.3, 0.4) is 0 Å². The zero-order valence-electron chi connectivity index (χ0n) is 29.4. The van der Waals surface area contributed by atoms with Crippen LogP contribution in [-0.2, 0) is 48.1 Å². The zero-order valence-corrected chi connectivity index (χ0v) is 34.0. The number of aliphatic carboxylic acids is 2. The second-order valence-corrected chi connectivity index (χ2v) is 13.8. The largest absolute Gasteiger partial charge is 2.00 e. The van der Waals surface area contributed by atoms with Crippen molar-refractivity contribution < 1.29 is 58.3 Å². The Bertz CT molecular complexity index is 1460. The molecule has 0 saturated carbocycles. The second-order valence-electron chi connectivity index (χ2n) is 11.7. The van der Waals surface area contributed by atoms with E-state index in [1.54, 1.807) is 0 Å². The fraction of sp³-hybridized carbons (Fsp3) is 0.500. The maximum absolute atomic E-state index is 11.8. The third-order valence-corrected chi connectivity index (χ3v) is 9.66. The van der Waals surface area contributed by atoms with E-state index < -0.39 is 35.7 Å². The summed E-state index contributed by atoms with van der Waals surface area (Å²) in [6.07, 6.45) is 7.71. The van der Waals surface area contributed by atoms with Gasteiger partial charge in [0.15, 0.2) is 10.3 Å². The van der Waals surface area contributed by atoms with Gasteiger partial charge in [-0.1, -0.05) is 100 Å². The number of imidazole rings is 2. The molecule has 51 heavy (non-hydrogen) atoms. The summed E-state index contributed by atoms with van der Waals surface area (Å²) in [6.45, 7) is 4.90. The van der Waals surface area contributed by atoms with Crippen molar-refractivity contribution in [2.45, 2.75) is 88.4 Å². The van der Waals surface area contributed by atoms with Crippen LogP contribution in [0.4, 0.5) is 0 Å². The van der Waals surface area contributed by atoms with Gasteiger partial charge in [-0.05, 0) is 37.1 Å². The number of carboxylic acid groups (broad SMARTS) is 2. The average molecular weight is 792 g/mol. The first-order valence-corrected chi connectivity index (χ1v) is 19.0. The number of carbonyl (C=O) groups is 4. The van der Waals surface area contributed by atoms with Crippen LogP contribution in [0.15, 0.2) is 58.8 Å². The number of para-hydroxylation sites is 4. The molecule has 2 atom stereocenters. The molecule has 0 saturated heterocycles. The number of fused-ring (bicyclic) bond motifs is 2. The number of hydrogen-bond donors (Lipinski definition) is 2. The summed E-state index contributed by atoms with van der Waals surface area (Å²) >= 11 is 2.53. The molecule has 4 rings (SSSR count). The van der Waals surface area contributed by atoms with E-state index in [0.29, 0.717) is 23.5 Å². The summed E-state index contributed by atoms with van der Waals surface area (Å²) in [4.78, 5) is 61.2. The number of aromatic amines is 2. The van der Waals surface area contributed by atoms with E-state index in [9.17, 15) is 29.4 Å². The van der Waals surface area contributed by atoms with Crippen molar-refractivity contribution in [2.24, 2.45) is 11.8 Å². The Labute approximate surface area is 319 Å². The summed E-state index contributed by atoms with van der Waals surface area (Å²) in [7, 11) is 0. The molecule has 2 aromatic heterocycles. The molecule has 0 fully saturated rings. The predicted molar refractivity (Wildman–Crippen MR) is 190 cm³/mol. The molecular weight excluding hydrogens is 746 g/mol. The molecule has 272 valence electrons. The Morgan fingerprint density at radius 2 is 1.04 bits per heavy atom. The minimum Gasteiger partial charge on any atom is -0.550 e. The molecule has 0 spiro atoms. The standard InChI is InChI=1S/2C18H24N2O4S.Zn/c2*1-2-3-4-7-10-24-16(21)11-13(17(22)23)12-25-18-19-14-8-5-6-9-15(14)20-18;/h2*5-6,8-9,13H,2-4,7,10-12H2,1H3,(H,19,20)(H,22,23);/q;;+2/p-2. The van der Waals surface area contributed by atoms with Crippen molar-refractivity contribution in [1.82, 2.24) is 19.9 Å². The van der Waals surface area contributed by atoms with E-state index in [-0.39, 0.29) is 43.8 Å². The van der Waals surface area contributed by atoms with Gasteiger partial charge < -0.3 is 39.2 Å². The summed E-state index contributed by atoms with van der Waals surface area (Å²) in [5.74, 6) is -4.87. The van der Waals surface area contributed by atoms with Crippen LogP contribution in [0.25, 0.3) is 22.1 Å². The number of aromatic nitrogens is 4. The van der Waals surface area contributed by atoms with Gasteiger partial charge in [0.25, 0.3) is 0 Å². The van der Waals surface area contributed by atoms with Crippen LogP contribution in [0, 0.1) is 11.8 Å². The first-order chi connectivity index (χ1) is 24.2. The van der Waals surface area contributed by atoms with Crippen LogP contribution in [0.1, 0.15) is 78.1 Å². The molecule has 4 aromatic rings. The molecule has 12 nitrogen and oxygen atoms in total. The monoisotopic (exact) mass is 790 g/mol. The molecule has 2 heterocycles. The topological polar surface area (TPSA) is 190 Å². The number of carboxylic acids is 2. The Kier molecular flexibility index (Phi) is 21.2. The molecule has 0 bridgehead atoms. The maximum Gasteiger partial charge on any atom is 2.00 e. The van der Waals surface area contributed by atoms with Crippen molar-refractivity contribution in [2.75, 3.05) is 24.7 Å². The maximum atomic E-state index is 11.8. The summed E-state index contributed by atoms with van der Waals surface area (Å²) in [5, 5.41) is 23.8. The van der Waals surface area contributed by atoms with Crippen LogP contribution in [0.2, 0.25) is 0 Å². The quantitative estimate of drug-likeness (QED) is 0.0466. The van der Waals surface area contributed by atoms with Crippen LogP contribution < -0.4 is 10.2 Å². The van der Waals surface area contributed by atoms with E-state index in [1.807, 2.05) is 48.5 Å². The van der Waals surface area contributed by atoms with Gasteiger partial charge in [0, 0.05) is 35.3 Å². The number of hydrogen-bond acceptors (Lipinski definition) is 12. The van der Waals surface area contributed by atoms with E-state index >= 15 is 0 Å². The van der Waals surface area contributed by atoms with Crippen molar-refractivity contribution in [1.29, 1.82) is 0 Å². The van der Waals surface area contributed by atoms with Gasteiger partial charge >= 0.3 is 31.4 Å². The number of esters is 2. The summed E-state index contributed by atoms with van der Waals surface area (Å²) in [6, 6.07) is 15.1. The van der Waals surface area contributed by atoms with Crippen molar-refractivity contribution in [3.63, 3.8) is 0 Å². The van der Waals surface area contributed by atoms with Gasteiger partial charge in [-0.2, -0.15) is 0 Å². The van der Waals surface area contributed by atoms with Gasteiger partial charge in [-0.3, -0.25) is 9.59 Å². The zero-order chi connectivity index (χ0) is 36.1. The van der Waals surface area contributed by atoms with Gasteiger partial charge in [0.2, 0.25) is 0 Å². The van der Waals surface area contributed by atoms with Gasteiger partial charge in [0.05, 0.1) is 48.1 Å². The van der Waals surface area contributed by atoms with E-state index in [2.05, 4.69) is 33.8 Å². The number of unbranched alkanes of at least 4 members (excludes halogenated alkanes) is 6. The van der Waals surface area contributed by atoms with Gasteiger partial charge in [-0.15, -0.1) is 0 Å². The van der Waals surface area contributed by atoms with Crippen molar-refractivity contribution in [3.05, 3.63) is 48.5 Å². The predicted octanol–water partition coefficient (Wildman–Crippen LogP) is 5.07. The molecular formula is C36H46N4O8S2Zn. The fourth-order valence-electron chi connectivity index (χ4n) is 4.73. The Balaban J connectivity index is 0.000000347. The number of nitrogens with zero attached hydrogens (tertiary/aromatic N) is 2. The number of ether oxygens (including phenoxy) is 2. The third kappa shape index (κ3) is 16.6. The number of nitrogens with one attached hydrogen (secondary N) is 2. The molecule has 0 aliphatic heterocycles. The molecule has 15 heteroatoms. The Hall–Kier alpha value is -3.42. The normalized spacial score (nSPS) is 12.0. The SMILES string of the molecule is CCCCCCOC(=O)CC(CSc1nc2ccccc2[nH]1)C(=O)[O-].CCCCCCOC(=O)CC(CSc1nc2ccccc2[nH]1)C(=O)[O-].[Zn+2]. The third-order valence-electron chi connectivity index (χ3n) is 7.59. The molecule has 0 radical (unpaired) electrons. The molecule has 0 aliphatic carbocycles. The van der Waals surface area contributed by atoms with Gasteiger partial charge in [-0.25, -0.2) is 9.97 Å². The smallest absolute Gasteiger partial charge is 0.550 e. The van der Waals surface area contributed by atoms with Crippen LogP contribution in [-0.4, -0.2) is 68.5 Å². The molecule has 2 unspecified atom stereocenters. The Morgan fingerprint density at radius 3 is 1.39 bits per heavy atom. The van der Waals surface area contributed by atoms with Crippen molar-refractivity contribution in [3.8, 4) is 0 Å². The number of carbonyl (C=O) groups excluding carboxylic acids is 4. The molecule has 0 amide bonds. The number of H-pyrrole nitrogens is 2. The summed E-state index contributed by atoms with van der Waals surface area (Å²) < 4.78 is 10.2. The second kappa shape index (κ2) is 24.7. The van der Waals surface area contributed by atoms with Crippen molar-refractivity contribution >= 4 is 69.5 Å². The minimum absolute atomic E-state index is 0. The first-order valence-electron chi connectivity index (χ1n) is 17.1. The number of rotatable bonds is 22. The minimum atomic E-state index is -1.24. The Morgan fingerprint density at radius 1 is 0.647 bits per heavy atom.